The zero-order valence-electron chi connectivity index (χ0n) is 38.2. The van der Waals surface area contributed by atoms with Gasteiger partial charge in [-0.2, -0.15) is 0 Å². The number of rotatable bonds is 42. The molecule has 0 bridgehead atoms. The van der Waals surface area contributed by atoms with Crippen molar-refractivity contribution in [3.05, 3.63) is 85.1 Å². The number of hydrogen-bond acceptors (Lipinski definition) is 6. The summed E-state index contributed by atoms with van der Waals surface area (Å²) in [5.74, 6) is -0.932. The summed E-state index contributed by atoms with van der Waals surface area (Å²) < 4.78 is 16.6. The summed E-state index contributed by atoms with van der Waals surface area (Å²) in [6.45, 7) is 6.29. The standard InChI is InChI=1S/C53H88O6/c1-4-7-10-13-15-17-19-21-23-24-25-26-27-28-30-31-33-35-37-40-43-46-52(55)58-49-50(48-57-51(54)45-42-39-12-9-6-3)59-53(56)47-44-41-38-36-34-32-29-22-20-18-16-14-11-8-5-2/h7-8,10-11,15-18,21-23,25-26,29,50H,4-6,9,12-14,19-20,24,27-28,30-49H2,1-3H3/b10-7-,11-8-,17-15-,18-16-,23-21-,26-25-,29-22-. The predicted octanol–water partition coefficient (Wildman–Crippen LogP) is 15.6. The first-order valence-electron chi connectivity index (χ1n) is 24.1. The van der Waals surface area contributed by atoms with Crippen molar-refractivity contribution in [2.24, 2.45) is 0 Å². The number of allylic oxidation sites excluding steroid dienone is 14. The van der Waals surface area contributed by atoms with Gasteiger partial charge in [0.1, 0.15) is 13.2 Å². The number of unbranched alkanes of at least 4 members (excludes halogenated alkanes) is 17. The van der Waals surface area contributed by atoms with E-state index in [9.17, 15) is 14.4 Å². The first-order chi connectivity index (χ1) is 29.0. The molecule has 0 heterocycles. The van der Waals surface area contributed by atoms with Crippen LogP contribution >= 0.6 is 0 Å². The molecule has 0 aromatic rings. The van der Waals surface area contributed by atoms with Crippen molar-refractivity contribution >= 4 is 17.9 Å². The molecule has 0 saturated carbocycles. The van der Waals surface area contributed by atoms with Gasteiger partial charge in [-0.1, -0.05) is 189 Å². The summed E-state index contributed by atoms with van der Waals surface area (Å²) in [4.78, 5) is 37.6. The van der Waals surface area contributed by atoms with Gasteiger partial charge >= 0.3 is 17.9 Å². The van der Waals surface area contributed by atoms with E-state index in [0.717, 1.165) is 135 Å². The average Bonchev–Trinajstić information content (AvgIpc) is 3.23. The Morgan fingerprint density at radius 2 is 0.661 bits per heavy atom. The smallest absolute Gasteiger partial charge is 0.306 e. The Morgan fingerprint density at radius 1 is 0.356 bits per heavy atom. The van der Waals surface area contributed by atoms with Gasteiger partial charge in [-0.25, -0.2) is 0 Å². The van der Waals surface area contributed by atoms with E-state index in [4.69, 9.17) is 14.2 Å². The van der Waals surface area contributed by atoms with Crippen molar-refractivity contribution in [1.29, 1.82) is 0 Å². The fourth-order valence-corrected chi connectivity index (χ4v) is 6.33. The maximum atomic E-state index is 12.7. The fraction of sp³-hybridized carbons (Fsp3) is 0.679. The molecule has 0 aliphatic carbocycles. The third-order valence-corrected chi connectivity index (χ3v) is 9.90. The zero-order valence-corrected chi connectivity index (χ0v) is 38.2. The number of carbonyl (C=O) groups is 3. The number of esters is 3. The average molecular weight is 821 g/mol. The molecule has 0 aromatic carbocycles. The van der Waals surface area contributed by atoms with Crippen LogP contribution in [0.1, 0.15) is 213 Å². The van der Waals surface area contributed by atoms with Crippen LogP contribution in [0.3, 0.4) is 0 Å². The first kappa shape index (κ1) is 55.6. The van der Waals surface area contributed by atoms with Crippen molar-refractivity contribution < 1.29 is 28.6 Å². The number of ether oxygens (including phenoxy) is 3. The zero-order chi connectivity index (χ0) is 43.0. The van der Waals surface area contributed by atoms with Crippen LogP contribution in [0.25, 0.3) is 0 Å². The molecule has 0 aliphatic heterocycles. The highest BCUT2D eigenvalue weighted by Gasteiger charge is 2.19. The Kier molecular flexibility index (Phi) is 44.5. The maximum Gasteiger partial charge on any atom is 0.306 e. The third-order valence-electron chi connectivity index (χ3n) is 9.90. The lowest BCUT2D eigenvalue weighted by Crippen LogP contribution is -2.30. The maximum absolute atomic E-state index is 12.7. The van der Waals surface area contributed by atoms with Crippen molar-refractivity contribution in [3.63, 3.8) is 0 Å². The Hall–Kier alpha value is -3.41. The molecule has 1 atom stereocenters. The number of carbonyl (C=O) groups excluding carboxylic acids is 3. The van der Waals surface area contributed by atoms with Crippen LogP contribution < -0.4 is 0 Å². The van der Waals surface area contributed by atoms with Gasteiger partial charge in [0.25, 0.3) is 0 Å². The third kappa shape index (κ3) is 45.5. The van der Waals surface area contributed by atoms with Crippen LogP contribution in [0.2, 0.25) is 0 Å². The molecule has 0 amide bonds. The summed E-state index contributed by atoms with van der Waals surface area (Å²) in [6, 6.07) is 0. The molecule has 6 heteroatoms. The van der Waals surface area contributed by atoms with Crippen molar-refractivity contribution in [2.75, 3.05) is 13.2 Å². The van der Waals surface area contributed by atoms with Gasteiger partial charge in [0.15, 0.2) is 6.10 Å². The molecule has 0 saturated heterocycles. The van der Waals surface area contributed by atoms with Crippen LogP contribution in [0.5, 0.6) is 0 Å². The minimum absolute atomic E-state index is 0.0878. The lowest BCUT2D eigenvalue weighted by atomic mass is 10.1. The van der Waals surface area contributed by atoms with Gasteiger partial charge < -0.3 is 14.2 Å². The van der Waals surface area contributed by atoms with Crippen LogP contribution in [-0.2, 0) is 28.6 Å². The molecule has 0 aromatic heterocycles. The molecule has 0 spiro atoms. The first-order valence-corrected chi connectivity index (χ1v) is 24.1. The van der Waals surface area contributed by atoms with E-state index in [2.05, 4.69) is 106 Å². The molecule has 336 valence electrons. The molecular formula is C53H88O6. The lowest BCUT2D eigenvalue weighted by molar-refractivity contribution is -0.167. The SMILES string of the molecule is CC/C=C\C/C=C\C/C=C\C/C=C\CCCCCCCCCCC(=O)OCC(COC(=O)CCCCCCC)OC(=O)CCCCCCC/C=C\C/C=C\C/C=C\CC. The van der Waals surface area contributed by atoms with Gasteiger partial charge in [0.05, 0.1) is 0 Å². The second-order valence-corrected chi connectivity index (χ2v) is 15.6. The number of hydrogen-bond donors (Lipinski definition) is 0. The van der Waals surface area contributed by atoms with E-state index in [-0.39, 0.29) is 31.1 Å². The molecule has 0 rings (SSSR count). The Balaban J connectivity index is 4.22. The van der Waals surface area contributed by atoms with E-state index >= 15 is 0 Å². The molecule has 6 nitrogen and oxygen atoms in total. The quantitative estimate of drug-likeness (QED) is 0.0264. The minimum Gasteiger partial charge on any atom is -0.462 e. The predicted molar refractivity (Wildman–Crippen MR) is 251 cm³/mol. The van der Waals surface area contributed by atoms with Gasteiger partial charge in [-0.15, -0.1) is 0 Å². The van der Waals surface area contributed by atoms with E-state index in [1.807, 2.05) is 0 Å². The summed E-state index contributed by atoms with van der Waals surface area (Å²) in [7, 11) is 0. The van der Waals surface area contributed by atoms with Gasteiger partial charge in [0.2, 0.25) is 0 Å². The molecule has 0 fully saturated rings. The molecule has 59 heavy (non-hydrogen) atoms. The van der Waals surface area contributed by atoms with Crippen LogP contribution in [-0.4, -0.2) is 37.2 Å². The highest BCUT2D eigenvalue weighted by atomic mass is 16.6. The summed E-state index contributed by atoms with van der Waals surface area (Å²) in [5, 5.41) is 0. The second-order valence-electron chi connectivity index (χ2n) is 15.6. The summed E-state index contributed by atoms with van der Waals surface area (Å²) >= 11 is 0. The summed E-state index contributed by atoms with van der Waals surface area (Å²) in [5.41, 5.74) is 0. The fourth-order valence-electron chi connectivity index (χ4n) is 6.33. The monoisotopic (exact) mass is 821 g/mol. The lowest BCUT2D eigenvalue weighted by Gasteiger charge is -2.18. The van der Waals surface area contributed by atoms with Crippen molar-refractivity contribution in [1.82, 2.24) is 0 Å². The Bertz CT molecular complexity index is 1170. The van der Waals surface area contributed by atoms with E-state index in [0.29, 0.717) is 19.3 Å². The molecular weight excluding hydrogens is 733 g/mol. The highest BCUT2D eigenvalue weighted by molar-refractivity contribution is 5.71. The van der Waals surface area contributed by atoms with Crippen LogP contribution in [0.4, 0.5) is 0 Å². The summed E-state index contributed by atoms with van der Waals surface area (Å²) in [6.07, 6.45) is 60.3. The second kappa shape index (κ2) is 47.3. The van der Waals surface area contributed by atoms with E-state index in [1.54, 1.807) is 0 Å². The van der Waals surface area contributed by atoms with Gasteiger partial charge in [-0.3, -0.25) is 14.4 Å². The van der Waals surface area contributed by atoms with E-state index in [1.165, 1.54) is 38.5 Å². The normalized spacial score (nSPS) is 12.8. The van der Waals surface area contributed by atoms with Crippen LogP contribution in [0, 0.1) is 0 Å². The van der Waals surface area contributed by atoms with Crippen molar-refractivity contribution in [2.45, 2.75) is 219 Å². The molecule has 0 aliphatic rings. The molecule has 0 N–H and O–H groups in total. The molecule has 0 radical (unpaired) electrons. The molecule has 1 unspecified atom stereocenters. The minimum atomic E-state index is -0.784. The van der Waals surface area contributed by atoms with Crippen LogP contribution in [0.15, 0.2) is 85.1 Å². The van der Waals surface area contributed by atoms with E-state index < -0.39 is 6.10 Å². The van der Waals surface area contributed by atoms with Gasteiger partial charge in [0, 0.05) is 19.3 Å². The Labute approximate surface area is 363 Å². The Morgan fingerprint density at radius 3 is 1.03 bits per heavy atom. The topological polar surface area (TPSA) is 78.9 Å². The van der Waals surface area contributed by atoms with Gasteiger partial charge in [-0.05, 0) is 89.9 Å². The van der Waals surface area contributed by atoms with Crippen molar-refractivity contribution in [3.8, 4) is 0 Å². The largest absolute Gasteiger partial charge is 0.462 e. The highest BCUT2D eigenvalue weighted by Crippen LogP contribution is 2.13.